The van der Waals surface area contributed by atoms with Gasteiger partial charge in [0.05, 0.1) is 4.92 Å². The molecular formula is C14H16N4O2S. The SMILES string of the molecule is O=[N+]([O-])c1ccc(-c2nnc(CCCNC3CC3)s2)cc1. The zero-order chi connectivity index (χ0) is 14.7. The largest absolute Gasteiger partial charge is 0.314 e. The van der Waals surface area contributed by atoms with Gasteiger partial charge in [-0.1, -0.05) is 11.3 Å². The van der Waals surface area contributed by atoms with Gasteiger partial charge in [-0.3, -0.25) is 10.1 Å². The molecule has 0 atom stereocenters. The van der Waals surface area contributed by atoms with Gasteiger partial charge >= 0.3 is 0 Å². The molecule has 1 aromatic heterocycles. The van der Waals surface area contributed by atoms with Crippen molar-refractivity contribution in [2.24, 2.45) is 0 Å². The number of nitro groups is 1. The lowest BCUT2D eigenvalue weighted by Gasteiger charge is -1.99. The van der Waals surface area contributed by atoms with E-state index in [2.05, 4.69) is 15.5 Å². The quantitative estimate of drug-likeness (QED) is 0.483. The molecule has 0 aliphatic heterocycles. The Morgan fingerprint density at radius 1 is 1.29 bits per heavy atom. The van der Waals surface area contributed by atoms with Crippen molar-refractivity contribution in [1.82, 2.24) is 15.5 Å². The number of benzene rings is 1. The van der Waals surface area contributed by atoms with E-state index in [4.69, 9.17) is 0 Å². The standard InChI is InChI=1S/C14H16N4O2S/c19-18(20)12-7-3-10(4-8-12)14-17-16-13(21-14)2-1-9-15-11-5-6-11/h3-4,7-8,11,15H,1-2,5-6,9H2. The number of hydrogen-bond acceptors (Lipinski definition) is 6. The van der Waals surface area contributed by atoms with Crippen molar-refractivity contribution in [3.8, 4) is 10.6 Å². The van der Waals surface area contributed by atoms with Gasteiger partial charge in [-0.25, -0.2) is 0 Å². The molecule has 1 heterocycles. The lowest BCUT2D eigenvalue weighted by Crippen LogP contribution is -2.17. The zero-order valence-electron chi connectivity index (χ0n) is 11.5. The smallest absolute Gasteiger partial charge is 0.269 e. The number of nitro benzene ring substituents is 1. The highest BCUT2D eigenvalue weighted by atomic mass is 32.1. The fourth-order valence-electron chi connectivity index (χ4n) is 2.03. The van der Waals surface area contributed by atoms with Gasteiger partial charge in [0.1, 0.15) is 10.0 Å². The lowest BCUT2D eigenvalue weighted by molar-refractivity contribution is -0.384. The maximum absolute atomic E-state index is 10.6. The Labute approximate surface area is 126 Å². The van der Waals surface area contributed by atoms with E-state index in [0.29, 0.717) is 0 Å². The Kier molecular flexibility index (Phi) is 4.21. The fourth-order valence-corrected chi connectivity index (χ4v) is 2.92. The Hall–Kier alpha value is -1.86. The summed E-state index contributed by atoms with van der Waals surface area (Å²) in [7, 11) is 0. The zero-order valence-corrected chi connectivity index (χ0v) is 12.3. The maximum Gasteiger partial charge on any atom is 0.269 e. The minimum atomic E-state index is -0.401. The van der Waals surface area contributed by atoms with Gasteiger partial charge in [0, 0.05) is 30.2 Å². The molecule has 1 aliphatic carbocycles. The molecule has 1 saturated carbocycles. The summed E-state index contributed by atoms with van der Waals surface area (Å²) in [5, 5.41) is 24.3. The van der Waals surface area contributed by atoms with Crippen molar-refractivity contribution in [1.29, 1.82) is 0 Å². The van der Waals surface area contributed by atoms with Crippen LogP contribution >= 0.6 is 11.3 Å². The summed E-state index contributed by atoms with van der Waals surface area (Å²) in [6.45, 7) is 1.02. The van der Waals surface area contributed by atoms with Crippen molar-refractivity contribution < 1.29 is 4.92 Å². The first kappa shape index (κ1) is 14.1. The molecule has 110 valence electrons. The van der Waals surface area contributed by atoms with Crippen LogP contribution in [-0.2, 0) is 6.42 Å². The number of hydrogen-bond donors (Lipinski definition) is 1. The fraction of sp³-hybridized carbons (Fsp3) is 0.429. The molecule has 1 aromatic carbocycles. The van der Waals surface area contributed by atoms with E-state index in [1.54, 1.807) is 23.5 Å². The summed E-state index contributed by atoms with van der Waals surface area (Å²) in [4.78, 5) is 10.2. The van der Waals surface area contributed by atoms with E-state index in [1.165, 1.54) is 25.0 Å². The molecule has 0 saturated heterocycles. The monoisotopic (exact) mass is 304 g/mol. The molecule has 3 rings (SSSR count). The molecule has 0 radical (unpaired) electrons. The third-order valence-corrected chi connectivity index (χ3v) is 4.40. The molecule has 0 amide bonds. The molecule has 1 N–H and O–H groups in total. The van der Waals surface area contributed by atoms with E-state index in [-0.39, 0.29) is 5.69 Å². The second-order valence-electron chi connectivity index (χ2n) is 5.14. The van der Waals surface area contributed by atoms with Crippen LogP contribution in [0.2, 0.25) is 0 Å². The first-order valence-corrected chi connectivity index (χ1v) is 7.84. The maximum atomic E-state index is 10.6. The van der Waals surface area contributed by atoms with Crippen LogP contribution in [0.25, 0.3) is 10.6 Å². The van der Waals surface area contributed by atoms with Crippen molar-refractivity contribution >= 4 is 17.0 Å². The Morgan fingerprint density at radius 2 is 2.05 bits per heavy atom. The Bertz CT molecular complexity index is 622. The predicted octanol–water partition coefficient (Wildman–Crippen LogP) is 2.80. The van der Waals surface area contributed by atoms with Crippen LogP contribution in [0.4, 0.5) is 5.69 Å². The van der Waals surface area contributed by atoms with E-state index in [9.17, 15) is 10.1 Å². The van der Waals surface area contributed by atoms with E-state index >= 15 is 0 Å². The number of aryl methyl sites for hydroxylation is 1. The molecule has 7 heteroatoms. The van der Waals surface area contributed by atoms with Crippen molar-refractivity contribution in [2.45, 2.75) is 31.7 Å². The summed E-state index contributed by atoms with van der Waals surface area (Å²) >= 11 is 1.55. The average Bonchev–Trinajstić information content (AvgIpc) is 3.20. The first-order valence-electron chi connectivity index (χ1n) is 7.03. The van der Waals surface area contributed by atoms with Gasteiger partial charge in [0.15, 0.2) is 0 Å². The van der Waals surface area contributed by atoms with Crippen LogP contribution in [-0.4, -0.2) is 27.7 Å². The van der Waals surface area contributed by atoms with Gasteiger partial charge in [-0.2, -0.15) is 0 Å². The van der Waals surface area contributed by atoms with Crippen LogP contribution in [0.5, 0.6) is 0 Å². The van der Waals surface area contributed by atoms with Crippen LogP contribution in [0.3, 0.4) is 0 Å². The topological polar surface area (TPSA) is 81.0 Å². The molecular weight excluding hydrogens is 288 g/mol. The minimum absolute atomic E-state index is 0.0923. The highest BCUT2D eigenvalue weighted by Crippen LogP contribution is 2.26. The number of non-ortho nitro benzene ring substituents is 1. The van der Waals surface area contributed by atoms with Gasteiger partial charge in [-0.05, 0) is 37.9 Å². The van der Waals surface area contributed by atoms with E-state index in [1.807, 2.05) is 0 Å². The Morgan fingerprint density at radius 3 is 2.71 bits per heavy atom. The van der Waals surface area contributed by atoms with Crippen LogP contribution in [0.15, 0.2) is 24.3 Å². The molecule has 2 aromatic rings. The summed E-state index contributed by atoms with van der Waals surface area (Å²) in [6.07, 6.45) is 4.60. The second-order valence-corrected chi connectivity index (χ2v) is 6.20. The summed E-state index contributed by atoms with van der Waals surface area (Å²) in [5.74, 6) is 0. The summed E-state index contributed by atoms with van der Waals surface area (Å²) in [6, 6.07) is 7.18. The number of nitrogens with zero attached hydrogens (tertiary/aromatic N) is 3. The number of rotatable bonds is 7. The third kappa shape index (κ3) is 3.83. The first-order chi connectivity index (χ1) is 10.2. The van der Waals surface area contributed by atoms with Gasteiger partial charge in [-0.15, -0.1) is 10.2 Å². The Balaban J connectivity index is 1.56. The minimum Gasteiger partial charge on any atom is -0.314 e. The predicted molar refractivity (Wildman–Crippen MR) is 81.3 cm³/mol. The van der Waals surface area contributed by atoms with Crippen molar-refractivity contribution in [3.63, 3.8) is 0 Å². The van der Waals surface area contributed by atoms with Gasteiger partial charge in [0.25, 0.3) is 5.69 Å². The van der Waals surface area contributed by atoms with Crippen LogP contribution in [0.1, 0.15) is 24.3 Å². The molecule has 21 heavy (non-hydrogen) atoms. The summed E-state index contributed by atoms with van der Waals surface area (Å²) < 4.78 is 0. The van der Waals surface area contributed by atoms with E-state index in [0.717, 1.165) is 41.0 Å². The lowest BCUT2D eigenvalue weighted by atomic mass is 10.2. The molecule has 1 aliphatic rings. The van der Waals surface area contributed by atoms with Crippen LogP contribution in [0, 0.1) is 10.1 Å². The second kappa shape index (κ2) is 6.28. The van der Waals surface area contributed by atoms with Crippen molar-refractivity contribution in [2.75, 3.05) is 6.54 Å². The summed E-state index contributed by atoms with van der Waals surface area (Å²) in [5.41, 5.74) is 0.968. The number of aromatic nitrogens is 2. The van der Waals surface area contributed by atoms with Crippen molar-refractivity contribution in [3.05, 3.63) is 39.4 Å². The third-order valence-electron chi connectivity index (χ3n) is 3.37. The normalized spacial score (nSPS) is 14.3. The van der Waals surface area contributed by atoms with Crippen LogP contribution < -0.4 is 5.32 Å². The molecule has 0 spiro atoms. The number of nitrogens with one attached hydrogen (secondary N) is 1. The van der Waals surface area contributed by atoms with Gasteiger partial charge in [0.2, 0.25) is 0 Å². The molecule has 1 fully saturated rings. The molecule has 0 bridgehead atoms. The highest BCUT2D eigenvalue weighted by Gasteiger charge is 2.19. The van der Waals surface area contributed by atoms with Gasteiger partial charge < -0.3 is 5.32 Å². The van der Waals surface area contributed by atoms with E-state index < -0.39 is 4.92 Å². The molecule has 0 unspecified atom stereocenters. The highest BCUT2D eigenvalue weighted by molar-refractivity contribution is 7.14. The molecule has 6 nitrogen and oxygen atoms in total. The average molecular weight is 304 g/mol.